The highest BCUT2D eigenvalue weighted by Gasteiger charge is 2.36. The Labute approximate surface area is 195 Å². The molecule has 1 atom stereocenters. The summed E-state index contributed by atoms with van der Waals surface area (Å²) in [7, 11) is 0. The maximum absolute atomic E-state index is 11.6. The second kappa shape index (κ2) is 10.2. The summed E-state index contributed by atoms with van der Waals surface area (Å²) in [5, 5.41) is 9.51. The lowest BCUT2D eigenvalue weighted by Crippen LogP contribution is -2.31. The quantitative estimate of drug-likeness (QED) is 0.298. The predicted molar refractivity (Wildman–Crippen MR) is 132 cm³/mol. The molecule has 0 aromatic heterocycles. The van der Waals surface area contributed by atoms with Gasteiger partial charge in [0.25, 0.3) is 0 Å². The van der Waals surface area contributed by atoms with Crippen LogP contribution < -0.4 is 4.74 Å². The topological polar surface area (TPSA) is 46.5 Å². The minimum atomic E-state index is -0.863. The van der Waals surface area contributed by atoms with Gasteiger partial charge in [-0.25, -0.2) is 0 Å². The van der Waals surface area contributed by atoms with E-state index in [1.54, 1.807) is 6.92 Å². The molecule has 0 fully saturated rings. The predicted octanol–water partition coefficient (Wildman–Crippen LogP) is 6.68. The molecule has 0 bridgehead atoms. The lowest BCUT2D eigenvalue weighted by molar-refractivity contribution is -0.138. The van der Waals surface area contributed by atoms with E-state index in [1.165, 1.54) is 16.7 Å². The number of carboxylic acid groups (broad SMARTS) is 1. The van der Waals surface area contributed by atoms with Gasteiger partial charge in [-0.3, -0.25) is 4.79 Å². The number of aliphatic carboxylic acids is 1. The van der Waals surface area contributed by atoms with Crippen molar-refractivity contribution in [2.24, 2.45) is 0 Å². The largest absolute Gasteiger partial charge is 0.493 e. The lowest BCUT2D eigenvalue weighted by Gasteiger charge is -2.36. The fourth-order valence-electron chi connectivity index (χ4n) is 4.52. The molecule has 1 N–H and O–H groups in total. The van der Waals surface area contributed by atoms with E-state index in [-0.39, 0.29) is 0 Å². The third kappa shape index (κ3) is 4.68. The van der Waals surface area contributed by atoms with Crippen LogP contribution in [0.1, 0.15) is 41.5 Å². The Morgan fingerprint density at radius 3 is 1.61 bits per heavy atom. The zero-order valence-electron chi connectivity index (χ0n) is 18.7. The normalized spacial score (nSPS) is 12.2. The van der Waals surface area contributed by atoms with Crippen molar-refractivity contribution in [2.75, 3.05) is 6.61 Å². The van der Waals surface area contributed by atoms with Crippen LogP contribution in [0.15, 0.2) is 115 Å². The molecule has 0 radical (unpaired) electrons. The van der Waals surface area contributed by atoms with Crippen molar-refractivity contribution < 1.29 is 14.6 Å². The first-order chi connectivity index (χ1) is 16.1. The molecular formula is C30H28O3. The number of benzene rings is 4. The molecule has 0 amide bonds. The van der Waals surface area contributed by atoms with Crippen LogP contribution in [0.3, 0.4) is 0 Å². The summed E-state index contributed by atoms with van der Waals surface area (Å²) in [6.45, 7) is 2.12. The number of carboxylic acids is 1. The zero-order valence-corrected chi connectivity index (χ0v) is 18.7. The van der Waals surface area contributed by atoms with Gasteiger partial charge in [-0.15, -0.1) is 0 Å². The SMILES string of the molecule is CC(C(=O)O)c1ccccc1OCCC(c1ccccc1)(c1ccccc1)c1ccccc1. The third-order valence-corrected chi connectivity index (χ3v) is 6.29. The Morgan fingerprint density at radius 2 is 1.15 bits per heavy atom. The highest BCUT2D eigenvalue weighted by Crippen LogP contribution is 2.42. The molecule has 0 aliphatic carbocycles. The Bertz CT molecular complexity index is 1070. The number of rotatable bonds is 9. The van der Waals surface area contributed by atoms with Gasteiger partial charge in [-0.1, -0.05) is 109 Å². The van der Waals surface area contributed by atoms with Crippen LogP contribution in [0.25, 0.3) is 0 Å². The van der Waals surface area contributed by atoms with E-state index < -0.39 is 17.3 Å². The Kier molecular flexibility index (Phi) is 6.89. The Hall–Kier alpha value is -3.85. The molecule has 0 spiro atoms. The first kappa shape index (κ1) is 22.3. The highest BCUT2D eigenvalue weighted by molar-refractivity contribution is 5.76. The van der Waals surface area contributed by atoms with Crippen molar-refractivity contribution in [3.8, 4) is 5.75 Å². The molecule has 3 heteroatoms. The second-order valence-corrected chi connectivity index (χ2v) is 8.20. The van der Waals surface area contributed by atoms with Crippen LogP contribution in [0.4, 0.5) is 0 Å². The highest BCUT2D eigenvalue weighted by atomic mass is 16.5. The summed E-state index contributed by atoms with van der Waals surface area (Å²) < 4.78 is 6.27. The standard InChI is InChI=1S/C30H28O3/c1-23(29(31)32)27-19-11-12-20-28(27)33-22-21-30(24-13-5-2-6-14-24,25-15-7-3-8-16-25)26-17-9-4-10-18-26/h2-20,23H,21-22H2,1H3,(H,31,32). The molecule has 33 heavy (non-hydrogen) atoms. The first-order valence-electron chi connectivity index (χ1n) is 11.2. The van der Waals surface area contributed by atoms with Crippen molar-refractivity contribution in [1.82, 2.24) is 0 Å². The van der Waals surface area contributed by atoms with E-state index in [4.69, 9.17) is 4.74 Å². The first-order valence-corrected chi connectivity index (χ1v) is 11.2. The van der Waals surface area contributed by atoms with Crippen molar-refractivity contribution in [2.45, 2.75) is 24.7 Å². The van der Waals surface area contributed by atoms with E-state index in [0.717, 1.165) is 0 Å². The van der Waals surface area contributed by atoms with Gasteiger partial charge >= 0.3 is 5.97 Å². The van der Waals surface area contributed by atoms with Crippen molar-refractivity contribution in [3.05, 3.63) is 138 Å². The average molecular weight is 437 g/mol. The molecule has 1 unspecified atom stereocenters. The summed E-state index contributed by atoms with van der Waals surface area (Å²) in [4.78, 5) is 11.6. The summed E-state index contributed by atoms with van der Waals surface area (Å²) >= 11 is 0. The molecule has 4 rings (SSSR count). The van der Waals surface area contributed by atoms with E-state index in [1.807, 2.05) is 42.5 Å². The maximum Gasteiger partial charge on any atom is 0.310 e. The number of hydrogen-bond acceptors (Lipinski definition) is 2. The smallest absolute Gasteiger partial charge is 0.310 e. The van der Waals surface area contributed by atoms with Crippen LogP contribution >= 0.6 is 0 Å². The fourth-order valence-corrected chi connectivity index (χ4v) is 4.52. The second-order valence-electron chi connectivity index (χ2n) is 8.20. The van der Waals surface area contributed by atoms with Gasteiger partial charge in [-0.05, 0) is 36.1 Å². The molecule has 0 aliphatic rings. The maximum atomic E-state index is 11.6. The Balaban J connectivity index is 1.74. The van der Waals surface area contributed by atoms with Gasteiger partial charge in [0, 0.05) is 11.0 Å². The number of carbonyl (C=O) groups is 1. The molecule has 166 valence electrons. The van der Waals surface area contributed by atoms with Gasteiger partial charge in [-0.2, -0.15) is 0 Å². The Morgan fingerprint density at radius 1 is 0.727 bits per heavy atom. The van der Waals surface area contributed by atoms with E-state index in [9.17, 15) is 9.90 Å². The van der Waals surface area contributed by atoms with Crippen molar-refractivity contribution >= 4 is 5.97 Å². The van der Waals surface area contributed by atoms with Crippen molar-refractivity contribution in [1.29, 1.82) is 0 Å². The summed E-state index contributed by atoms with van der Waals surface area (Å²) in [6, 6.07) is 38.9. The molecule has 0 aliphatic heterocycles. The summed E-state index contributed by atoms with van der Waals surface area (Å²) in [5.41, 5.74) is 3.86. The van der Waals surface area contributed by atoms with E-state index in [0.29, 0.717) is 24.3 Å². The van der Waals surface area contributed by atoms with Crippen LogP contribution in [0, 0.1) is 0 Å². The summed E-state index contributed by atoms with van der Waals surface area (Å²) in [6.07, 6.45) is 0.695. The monoisotopic (exact) mass is 436 g/mol. The lowest BCUT2D eigenvalue weighted by atomic mass is 9.67. The van der Waals surface area contributed by atoms with Gasteiger partial charge in [0.1, 0.15) is 5.75 Å². The van der Waals surface area contributed by atoms with Crippen LogP contribution in [-0.2, 0) is 10.2 Å². The average Bonchev–Trinajstić information content (AvgIpc) is 2.88. The van der Waals surface area contributed by atoms with Gasteiger partial charge in [0.05, 0.1) is 12.5 Å². The molecule has 4 aromatic carbocycles. The van der Waals surface area contributed by atoms with E-state index >= 15 is 0 Å². The molecule has 0 saturated heterocycles. The minimum Gasteiger partial charge on any atom is -0.493 e. The molecular weight excluding hydrogens is 408 g/mol. The van der Waals surface area contributed by atoms with E-state index in [2.05, 4.69) is 72.8 Å². The molecule has 4 aromatic rings. The van der Waals surface area contributed by atoms with Crippen LogP contribution in [0.5, 0.6) is 5.75 Å². The number of hydrogen-bond donors (Lipinski definition) is 1. The van der Waals surface area contributed by atoms with Gasteiger partial charge in [0.2, 0.25) is 0 Å². The summed E-state index contributed by atoms with van der Waals surface area (Å²) in [5.74, 6) is -0.878. The van der Waals surface area contributed by atoms with Gasteiger partial charge < -0.3 is 9.84 Å². The van der Waals surface area contributed by atoms with Crippen molar-refractivity contribution in [3.63, 3.8) is 0 Å². The number of para-hydroxylation sites is 1. The molecule has 0 heterocycles. The fraction of sp³-hybridized carbons (Fsp3) is 0.167. The number of ether oxygens (including phenoxy) is 1. The van der Waals surface area contributed by atoms with Gasteiger partial charge in [0.15, 0.2) is 0 Å². The zero-order chi connectivity index (χ0) is 23.1. The third-order valence-electron chi connectivity index (χ3n) is 6.29. The molecule has 0 saturated carbocycles. The molecule has 3 nitrogen and oxygen atoms in total. The van der Waals surface area contributed by atoms with Crippen LogP contribution in [-0.4, -0.2) is 17.7 Å². The van der Waals surface area contributed by atoms with Crippen LogP contribution in [0.2, 0.25) is 0 Å². The minimum absolute atomic E-state index is 0.406.